The van der Waals surface area contributed by atoms with Crippen LogP contribution in [0.15, 0.2) is 47.6 Å². The van der Waals surface area contributed by atoms with Crippen molar-refractivity contribution in [2.75, 3.05) is 18.0 Å². The van der Waals surface area contributed by atoms with E-state index in [2.05, 4.69) is 31.5 Å². The summed E-state index contributed by atoms with van der Waals surface area (Å²) in [6, 6.07) is 10.4. The summed E-state index contributed by atoms with van der Waals surface area (Å²) in [5.74, 6) is 1.03. The highest BCUT2D eigenvalue weighted by atomic mass is 19.4. The molecule has 1 aromatic carbocycles. The summed E-state index contributed by atoms with van der Waals surface area (Å²) >= 11 is 0. The number of alkyl halides is 3. The highest BCUT2D eigenvalue weighted by molar-refractivity contribution is 5.97. The van der Waals surface area contributed by atoms with Crippen LogP contribution in [0, 0.1) is 0 Å². The molecular formula is C19H19F3N6. The lowest BCUT2D eigenvalue weighted by Gasteiger charge is -2.22. The molecule has 0 fully saturated rings. The Morgan fingerprint density at radius 1 is 1.18 bits per heavy atom. The number of fused-ring (bicyclic) bond motifs is 2. The minimum atomic E-state index is -4.42. The minimum absolute atomic E-state index is 0.115. The molecular weight excluding hydrogens is 369 g/mol. The van der Waals surface area contributed by atoms with E-state index in [1.807, 2.05) is 25.1 Å². The van der Waals surface area contributed by atoms with Gasteiger partial charge in [0, 0.05) is 25.0 Å². The first-order chi connectivity index (χ1) is 13.5. The Kier molecular flexibility index (Phi) is 4.66. The van der Waals surface area contributed by atoms with E-state index >= 15 is 0 Å². The molecule has 0 bridgehead atoms. The summed E-state index contributed by atoms with van der Waals surface area (Å²) in [5, 5.41) is 11.2. The van der Waals surface area contributed by atoms with E-state index in [1.54, 1.807) is 0 Å². The summed E-state index contributed by atoms with van der Waals surface area (Å²) < 4.78 is 40.4. The fourth-order valence-corrected chi connectivity index (χ4v) is 3.31. The number of hydrogen-bond acceptors (Lipinski definition) is 3. The maximum absolute atomic E-state index is 13.0. The van der Waals surface area contributed by atoms with Gasteiger partial charge in [-0.1, -0.05) is 18.2 Å². The number of halogens is 3. The van der Waals surface area contributed by atoms with Gasteiger partial charge >= 0.3 is 6.18 Å². The number of aliphatic imine (C=N–C) groups is 1. The van der Waals surface area contributed by atoms with Crippen molar-refractivity contribution in [3.05, 3.63) is 59.5 Å². The van der Waals surface area contributed by atoms with Crippen LogP contribution in [0.5, 0.6) is 0 Å². The highest BCUT2D eigenvalue weighted by Crippen LogP contribution is 2.29. The number of pyridine rings is 1. The van der Waals surface area contributed by atoms with E-state index in [-0.39, 0.29) is 6.54 Å². The molecule has 6 nitrogen and oxygen atoms in total. The first-order valence-electron chi connectivity index (χ1n) is 9.02. The topological polar surface area (TPSA) is 57.8 Å². The molecule has 3 heterocycles. The van der Waals surface area contributed by atoms with E-state index in [4.69, 9.17) is 0 Å². The number of guanidine groups is 1. The normalized spacial score (nSPS) is 14.6. The van der Waals surface area contributed by atoms with Gasteiger partial charge in [0.25, 0.3) is 0 Å². The van der Waals surface area contributed by atoms with Crippen molar-refractivity contribution in [2.24, 2.45) is 4.99 Å². The second kappa shape index (κ2) is 7.14. The van der Waals surface area contributed by atoms with Crippen LogP contribution in [0.3, 0.4) is 0 Å². The Balaban J connectivity index is 1.65. The van der Waals surface area contributed by atoms with E-state index in [0.717, 1.165) is 30.9 Å². The summed E-state index contributed by atoms with van der Waals surface area (Å²) in [7, 11) is 0. The Labute approximate surface area is 159 Å². The molecule has 0 atom stereocenters. The molecule has 0 saturated carbocycles. The largest absolute Gasteiger partial charge is 0.417 e. The second-order valence-corrected chi connectivity index (χ2v) is 6.46. The fourth-order valence-electron chi connectivity index (χ4n) is 3.31. The van der Waals surface area contributed by atoms with Crippen molar-refractivity contribution >= 4 is 17.3 Å². The zero-order valence-corrected chi connectivity index (χ0v) is 15.2. The first-order valence-corrected chi connectivity index (χ1v) is 9.02. The molecule has 1 N–H and O–H groups in total. The molecule has 2 aromatic heterocycles. The SMILES string of the molecule is CCNC(=NCc1nnc2ccc(C(F)(F)F)cn12)N1CCc2ccccc21. The zero-order valence-electron chi connectivity index (χ0n) is 15.2. The molecule has 0 unspecified atom stereocenters. The predicted octanol–water partition coefficient (Wildman–Crippen LogP) is 3.28. The van der Waals surface area contributed by atoms with Gasteiger partial charge in [0.05, 0.1) is 5.56 Å². The lowest BCUT2D eigenvalue weighted by molar-refractivity contribution is -0.137. The number of nitrogens with zero attached hydrogens (tertiary/aromatic N) is 5. The van der Waals surface area contributed by atoms with Crippen molar-refractivity contribution in [2.45, 2.75) is 26.1 Å². The average Bonchev–Trinajstić information content (AvgIpc) is 3.28. The predicted molar refractivity (Wildman–Crippen MR) is 100 cm³/mol. The Hall–Kier alpha value is -3.10. The van der Waals surface area contributed by atoms with Crippen LogP contribution in [0.1, 0.15) is 23.9 Å². The van der Waals surface area contributed by atoms with Crippen molar-refractivity contribution in [3.63, 3.8) is 0 Å². The van der Waals surface area contributed by atoms with Gasteiger partial charge in [-0.3, -0.25) is 4.40 Å². The first kappa shape index (κ1) is 18.3. The number of anilines is 1. The molecule has 0 spiro atoms. The van der Waals surface area contributed by atoms with Crippen LogP contribution in [0.4, 0.5) is 18.9 Å². The van der Waals surface area contributed by atoms with Gasteiger partial charge in [0.1, 0.15) is 6.54 Å². The summed E-state index contributed by atoms with van der Waals surface area (Å²) in [6.07, 6.45) is -2.49. The Morgan fingerprint density at radius 2 is 2.00 bits per heavy atom. The zero-order chi connectivity index (χ0) is 19.7. The monoisotopic (exact) mass is 388 g/mol. The van der Waals surface area contributed by atoms with E-state index in [0.29, 0.717) is 24.0 Å². The molecule has 0 amide bonds. The standard InChI is InChI=1S/C19H19F3N6/c1-2-23-18(27-10-9-13-5-3-4-6-15(13)27)24-11-17-26-25-16-8-7-14(12-28(16)17)19(20,21)22/h3-8,12H,2,9-11H2,1H3,(H,23,24). The number of aromatic nitrogens is 3. The third-order valence-corrected chi connectivity index (χ3v) is 4.65. The molecule has 9 heteroatoms. The summed E-state index contributed by atoms with van der Waals surface area (Å²) in [4.78, 5) is 6.69. The number of rotatable bonds is 3. The number of nitrogens with one attached hydrogen (secondary N) is 1. The maximum Gasteiger partial charge on any atom is 0.417 e. The van der Waals surface area contributed by atoms with Crippen LogP contribution < -0.4 is 10.2 Å². The smallest absolute Gasteiger partial charge is 0.356 e. The van der Waals surface area contributed by atoms with Gasteiger partial charge in [-0.25, -0.2) is 4.99 Å². The maximum atomic E-state index is 13.0. The van der Waals surface area contributed by atoms with E-state index in [1.165, 1.54) is 16.0 Å². The quantitative estimate of drug-likeness (QED) is 0.553. The lowest BCUT2D eigenvalue weighted by Crippen LogP contribution is -2.40. The van der Waals surface area contributed by atoms with Crippen molar-refractivity contribution in [1.29, 1.82) is 0 Å². The van der Waals surface area contributed by atoms with Gasteiger partial charge in [0.15, 0.2) is 17.4 Å². The molecule has 146 valence electrons. The third-order valence-electron chi connectivity index (χ3n) is 4.65. The number of para-hydroxylation sites is 1. The van der Waals surface area contributed by atoms with E-state index in [9.17, 15) is 13.2 Å². The van der Waals surface area contributed by atoms with Crippen LogP contribution in [0.25, 0.3) is 5.65 Å². The molecule has 1 aliphatic heterocycles. The molecule has 4 rings (SSSR count). The van der Waals surface area contributed by atoms with Crippen LogP contribution >= 0.6 is 0 Å². The molecule has 28 heavy (non-hydrogen) atoms. The van der Waals surface area contributed by atoms with Gasteiger partial charge in [0.2, 0.25) is 0 Å². The summed E-state index contributed by atoms with van der Waals surface area (Å²) in [6.45, 7) is 3.56. The molecule has 0 radical (unpaired) electrons. The highest BCUT2D eigenvalue weighted by Gasteiger charge is 2.31. The van der Waals surface area contributed by atoms with Gasteiger partial charge in [-0.05, 0) is 37.1 Å². The Bertz CT molecular complexity index is 1020. The van der Waals surface area contributed by atoms with Crippen LogP contribution in [0.2, 0.25) is 0 Å². The van der Waals surface area contributed by atoms with Crippen LogP contribution in [-0.4, -0.2) is 33.6 Å². The molecule has 3 aromatic rings. The fraction of sp³-hybridized carbons (Fsp3) is 0.316. The van der Waals surface area contributed by atoms with Gasteiger partial charge < -0.3 is 10.2 Å². The van der Waals surface area contributed by atoms with Gasteiger partial charge in [-0.15, -0.1) is 10.2 Å². The third kappa shape index (κ3) is 3.39. The molecule has 0 saturated heterocycles. The molecule has 1 aliphatic rings. The van der Waals surface area contributed by atoms with Crippen LogP contribution in [-0.2, 0) is 19.1 Å². The van der Waals surface area contributed by atoms with E-state index < -0.39 is 11.7 Å². The lowest BCUT2D eigenvalue weighted by atomic mass is 10.2. The second-order valence-electron chi connectivity index (χ2n) is 6.46. The summed E-state index contributed by atoms with van der Waals surface area (Å²) in [5.41, 5.74) is 1.95. The minimum Gasteiger partial charge on any atom is -0.356 e. The molecule has 0 aliphatic carbocycles. The Morgan fingerprint density at radius 3 is 2.79 bits per heavy atom. The van der Waals surface area contributed by atoms with Crippen molar-refractivity contribution < 1.29 is 13.2 Å². The average molecular weight is 388 g/mol. The number of hydrogen-bond donors (Lipinski definition) is 1. The van der Waals surface area contributed by atoms with Gasteiger partial charge in [-0.2, -0.15) is 13.2 Å². The number of benzene rings is 1. The van der Waals surface area contributed by atoms with Crippen molar-refractivity contribution in [3.8, 4) is 0 Å². The van der Waals surface area contributed by atoms with Crippen molar-refractivity contribution in [1.82, 2.24) is 19.9 Å².